The van der Waals surface area contributed by atoms with Crippen LogP contribution < -0.4 is 10.6 Å². The quantitative estimate of drug-likeness (QED) is 0.762. The SMILES string of the molecule is I.c1ccc(CC2(CNC3=NCCCN3)CCCC2)cc1. The number of aliphatic imine (C=N–C) groups is 1. The van der Waals surface area contributed by atoms with Crippen LogP contribution in [0.4, 0.5) is 0 Å². The average molecular weight is 399 g/mol. The summed E-state index contributed by atoms with van der Waals surface area (Å²) in [5, 5.41) is 6.93. The van der Waals surface area contributed by atoms with Crippen molar-refractivity contribution in [1.82, 2.24) is 10.6 Å². The summed E-state index contributed by atoms with van der Waals surface area (Å²) in [6, 6.07) is 10.9. The highest BCUT2D eigenvalue weighted by Gasteiger charge is 2.34. The third-order valence-electron chi connectivity index (χ3n) is 4.61. The second-order valence-corrected chi connectivity index (χ2v) is 6.23. The van der Waals surface area contributed by atoms with E-state index in [9.17, 15) is 0 Å². The molecular weight excluding hydrogens is 373 g/mol. The molecule has 1 saturated carbocycles. The minimum atomic E-state index is 0. The second kappa shape index (κ2) is 8.01. The van der Waals surface area contributed by atoms with Crippen molar-refractivity contribution in [3.05, 3.63) is 35.9 Å². The van der Waals surface area contributed by atoms with Crippen LogP contribution in [0.5, 0.6) is 0 Å². The highest BCUT2D eigenvalue weighted by molar-refractivity contribution is 14.0. The first-order valence-electron chi connectivity index (χ1n) is 7.93. The van der Waals surface area contributed by atoms with Crippen LogP contribution in [0.15, 0.2) is 35.3 Å². The van der Waals surface area contributed by atoms with Crippen molar-refractivity contribution in [3.63, 3.8) is 0 Å². The molecule has 0 bridgehead atoms. The molecule has 0 radical (unpaired) electrons. The molecule has 0 amide bonds. The Labute approximate surface area is 145 Å². The van der Waals surface area contributed by atoms with Gasteiger partial charge in [-0.3, -0.25) is 4.99 Å². The molecule has 1 fully saturated rings. The van der Waals surface area contributed by atoms with E-state index in [2.05, 4.69) is 46.0 Å². The summed E-state index contributed by atoms with van der Waals surface area (Å²) in [7, 11) is 0. The zero-order chi connectivity index (χ0) is 13.7. The van der Waals surface area contributed by atoms with Crippen LogP contribution in [0.1, 0.15) is 37.7 Å². The standard InChI is InChI=1S/C17H25N3.HI/c1-2-7-15(8-3-1)13-17(9-4-5-10-17)14-20-16-18-11-6-12-19-16;/h1-3,7-8H,4-6,9-14H2,(H2,18,19,20);1H. The second-order valence-electron chi connectivity index (χ2n) is 6.23. The Kier molecular flexibility index (Phi) is 6.33. The lowest BCUT2D eigenvalue weighted by Crippen LogP contribution is -2.45. The summed E-state index contributed by atoms with van der Waals surface area (Å²) < 4.78 is 0. The fourth-order valence-corrected chi connectivity index (χ4v) is 3.49. The van der Waals surface area contributed by atoms with Crippen LogP contribution in [0.3, 0.4) is 0 Å². The Balaban J connectivity index is 0.00000161. The minimum absolute atomic E-state index is 0. The molecule has 1 aromatic carbocycles. The Morgan fingerprint density at radius 3 is 2.52 bits per heavy atom. The number of hydrogen-bond donors (Lipinski definition) is 2. The number of guanidine groups is 1. The summed E-state index contributed by atoms with van der Waals surface area (Å²) >= 11 is 0. The third kappa shape index (κ3) is 4.59. The molecule has 0 unspecified atom stereocenters. The van der Waals surface area contributed by atoms with E-state index in [-0.39, 0.29) is 24.0 Å². The first-order chi connectivity index (χ1) is 9.86. The van der Waals surface area contributed by atoms with Gasteiger partial charge in [-0.1, -0.05) is 43.2 Å². The van der Waals surface area contributed by atoms with Crippen LogP contribution in [-0.2, 0) is 6.42 Å². The van der Waals surface area contributed by atoms with Gasteiger partial charge in [0, 0.05) is 19.6 Å². The van der Waals surface area contributed by atoms with Crippen LogP contribution in [0, 0.1) is 5.41 Å². The van der Waals surface area contributed by atoms with Crippen LogP contribution in [0.2, 0.25) is 0 Å². The molecule has 1 aliphatic carbocycles. The highest BCUT2D eigenvalue weighted by atomic mass is 127. The normalized spacial score (nSPS) is 20.1. The number of nitrogens with zero attached hydrogens (tertiary/aromatic N) is 1. The summed E-state index contributed by atoms with van der Waals surface area (Å²) in [4.78, 5) is 4.52. The van der Waals surface area contributed by atoms with E-state index in [1.807, 2.05) is 0 Å². The van der Waals surface area contributed by atoms with E-state index >= 15 is 0 Å². The smallest absolute Gasteiger partial charge is 0.191 e. The monoisotopic (exact) mass is 399 g/mol. The number of benzene rings is 1. The Hall–Kier alpha value is -0.780. The molecular formula is C17H26IN3. The van der Waals surface area contributed by atoms with Gasteiger partial charge in [-0.2, -0.15) is 0 Å². The van der Waals surface area contributed by atoms with E-state index in [1.54, 1.807) is 0 Å². The lowest BCUT2D eigenvalue weighted by atomic mass is 9.80. The van der Waals surface area contributed by atoms with Crippen molar-refractivity contribution >= 4 is 29.9 Å². The first kappa shape index (κ1) is 16.6. The molecule has 0 aromatic heterocycles. The van der Waals surface area contributed by atoms with Crippen molar-refractivity contribution in [2.45, 2.75) is 38.5 Å². The molecule has 2 N–H and O–H groups in total. The van der Waals surface area contributed by atoms with Crippen LogP contribution in [0.25, 0.3) is 0 Å². The van der Waals surface area contributed by atoms with Gasteiger partial charge in [-0.15, -0.1) is 24.0 Å². The van der Waals surface area contributed by atoms with Gasteiger partial charge in [0.1, 0.15) is 0 Å². The lowest BCUT2D eigenvalue weighted by Gasteiger charge is -2.31. The van der Waals surface area contributed by atoms with E-state index in [1.165, 1.54) is 37.7 Å². The lowest BCUT2D eigenvalue weighted by molar-refractivity contribution is 0.292. The van der Waals surface area contributed by atoms with Gasteiger partial charge in [0.05, 0.1) is 0 Å². The molecule has 1 heterocycles. The van der Waals surface area contributed by atoms with Crippen LogP contribution >= 0.6 is 24.0 Å². The molecule has 0 atom stereocenters. The fourth-order valence-electron chi connectivity index (χ4n) is 3.49. The van der Waals surface area contributed by atoms with Gasteiger partial charge < -0.3 is 10.6 Å². The van der Waals surface area contributed by atoms with Gasteiger partial charge in [0.15, 0.2) is 5.96 Å². The maximum Gasteiger partial charge on any atom is 0.191 e. The van der Waals surface area contributed by atoms with Crippen molar-refractivity contribution in [2.75, 3.05) is 19.6 Å². The predicted octanol–water partition coefficient (Wildman–Crippen LogP) is 3.35. The average Bonchev–Trinajstić information content (AvgIpc) is 2.96. The zero-order valence-corrected chi connectivity index (χ0v) is 14.9. The summed E-state index contributed by atoms with van der Waals surface area (Å²) in [5.74, 6) is 1.01. The first-order valence-corrected chi connectivity index (χ1v) is 7.93. The largest absolute Gasteiger partial charge is 0.356 e. The third-order valence-corrected chi connectivity index (χ3v) is 4.61. The van der Waals surface area contributed by atoms with Crippen molar-refractivity contribution in [3.8, 4) is 0 Å². The molecule has 3 nitrogen and oxygen atoms in total. The van der Waals surface area contributed by atoms with E-state index in [0.29, 0.717) is 5.41 Å². The van der Waals surface area contributed by atoms with E-state index in [4.69, 9.17) is 0 Å². The van der Waals surface area contributed by atoms with Gasteiger partial charge >= 0.3 is 0 Å². The van der Waals surface area contributed by atoms with Crippen LogP contribution in [-0.4, -0.2) is 25.6 Å². The Morgan fingerprint density at radius 1 is 1.10 bits per heavy atom. The van der Waals surface area contributed by atoms with E-state index in [0.717, 1.165) is 32.0 Å². The molecule has 3 rings (SSSR count). The van der Waals surface area contributed by atoms with Gasteiger partial charge in [0.2, 0.25) is 0 Å². The van der Waals surface area contributed by atoms with Gasteiger partial charge in [-0.25, -0.2) is 0 Å². The summed E-state index contributed by atoms with van der Waals surface area (Å²) in [6.45, 7) is 3.06. The molecule has 0 spiro atoms. The van der Waals surface area contributed by atoms with Gasteiger partial charge in [0.25, 0.3) is 0 Å². The number of nitrogens with one attached hydrogen (secondary N) is 2. The van der Waals surface area contributed by atoms with Gasteiger partial charge in [-0.05, 0) is 36.7 Å². The highest BCUT2D eigenvalue weighted by Crippen LogP contribution is 2.40. The maximum absolute atomic E-state index is 4.52. The maximum atomic E-state index is 4.52. The number of rotatable bonds is 4. The molecule has 4 heteroatoms. The molecule has 1 aliphatic heterocycles. The zero-order valence-electron chi connectivity index (χ0n) is 12.6. The Morgan fingerprint density at radius 2 is 1.86 bits per heavy atom. The number of hydrogen-bond acceptors (Lipinski definition) is 3. The minimum Gasteiger partial charge on any atom is -0.356 e. The topological polar surface area (TPSA) is 36.4 Å². The molecule has 0 saturated heterocycles. The number of halogens is 1. The fraction of sp³-hybridized carbons (Fsp3) is 0.588. The molecule has 2 aliphatic rings. The molecule has 116 valence electrons. The molecule has 1 aromatic rings. The summed E-state index contributed by atoms with van der Waals surface area (Å²) in [6.07, 6.45) is 7.75. The van der Waals surface area contributed by atoms with Crippen molar-refractivity contribution in [1.29, 1.82) is 0 Å². The van der Waals surface area contributed by atoms with E-state index < -0.39 is 0 Å². The molecule has 21 heavy (non-hydrogen) atoms. The Bertz CT molecular complexity index is 452. The van der Waals surface area contributed by atoms with Crippen molar-refractivity contribution < 1.29 is 0 Å². The predicted molar refractivity (Wildman–Crippen MR) is 99.4 cm³/mol. The van der Waals surface area contributed by atoms with Crippen molar-refractivity contribution in [2.24, 2.45) is 10.4 Å². The summed E-state index contributed by atoms with van der Waals surface area (Å²) in [5.41, 5.74) is 1.89.